The molecule has 3 aromatic carbocycles. The zero-order valence-corrected chi connectivity index (χ0v) is 17.4. The zero-order valence-electron chi connectivity index (χ0n) is 17.4. The van der Waals surface area contributed by atoms with Gasteiger partial charge in [0.25, 0.3) is 0 Å². The molecule has 3 rings (SSSR count). The average molecular weight is 416 g/mol. The molecule has 0 aromatic heterocycles. The van der Waals surface area contributed by atoms with Crippen molar-refractivity contribution < 1.29 is 19.4 Å². The van der Waals surface area contributed by atoms with E-state index in [4.69, 9.17) is 9.47 Å². The fraction of sp³-hybridized carbons (Fsp3) is 0.160. The van der Waals surface area contributed by atoms with Crippen LogP contribution in [0.4, 0.5) is 10.5 Å². The highest BCUT2D eigenvalue weighted by Crippen LogP contribution is 2.29. The van der Waals surface area contributed by atoms with Crippen LogP contribution in [0.25, 0.3) is 0 Å². The smallest absolute Gasteiger partial charge is 0.319 e. The Morgan fingerprint density at radius 3 is 2.42 bits per heavy atom. The number of hydrogen-bond donors (Lipinski definition) is 3. The highest BCUT2D eigenvalue weighted by atomic mass is 16.5. The first-order chi connectivity index (χ1) is 15.1. The summed E-state index contributed by atoms with van der Waals surface area (Å²) in [5.74, 6) is 7.27. The van der Waals surface area contributed by atoms with Crippen molar-refractivity contribution >= 4 is 11.7 Å². The van der Waals surface area contributed by atoms with Crippen molar-refractivity contribution in [1.29, 1.82) is 0 Å². The minimum absolute atomic E-state index is 0.00284. The number of rotatable bonds is 6. The first-order valence-electron chi connectivity index (χ1n) is 9.71. The molecule has 3 aromatic rings. The molecule has 1 atom stereocenters. The number of nitrogens with one attached hydrogen (secondary N) is 2. The van der Waals surface area contributed by atoms with E-state index in [0.717, 1.165) is 11.1 Å². The van der Waals surface area contributed by atoms with E-state index >= 15 is 0 Å². The Morgan fingerprint density at radius 1 is 0.935 bits per heavy atom. The summed E-state index contributed by atoms with van der Waals surface area (Å²) >= 11 is 0. The van der Waals surface area contributed by atoms with E-state index in [2.05, 4.69) is 22.5 Å². The Labute approximate surface area is 181 Å². The molecule has 0 aliphatic heterocycles. The van der Waals surface area contributed by atoms with Crippen LogP contribution in [0.1, 0.15) is 22.8 Å². The highest BCUT2D eigenvalue weighted by Gasteiger charge is 2.15. The number of hydrogen-bond acceptors (Lipinski definition) is 4. The summed E-state index contributed by atoms with van der Waals surface area (Å²) in [6.45, 7) is 0.00284. The predicted octanol–water partition coefficient (Wildman–Crippen LogP) is 3.96. The van der Waals surface area contributed by atoms with Crippen LogP contribution in [-0.4, -0.2) is 31.9 Å². The summed E-state index contributed by atoms with van der Waals surface area (Å²) < 4.78 is 10.5. The predicted molar refractivity (Wildman–Crippen MR) is 120 cm³/mol. The number of anilines is 1. The van der Waals surface area contributed by atoms with Crippen molar-refractivity contribution in [3.63, 3.8) is 0 Å². The van der Waals surface area contributed by atoms with Crippen LogP contribution in [0.2, 0.25) is 0 Å². The molecule has 2 amide bonds. The normalized spacial score (nSPS) is 10.9. The van der Waals surface area contributed by atoms with E-state index in [1.165, 1.54) is 7.11 Å². The SMILES string of the molecule is COc1ccc(OC)c(C(O)CNC(=O)Nc2cccc(C#Cc3ccccc3)c2)c1. The fourth-order valence-electron chi connectivity index (χ4n) is 2.91. The molecular formula is C25H24N2O4. The minimum atomic E-state index is -0.959. The Morgan fingerprint density at radius 2 is 1.68 bits per heavy atom. The van der Waals surface area contributed by atoms with Gasteiger partial charge in [-0.3, -0.25) is 0 Å². The van der Waals surface area contributed by atoms with Crippen LogP contribution >= 0.6 is 0 Å². The molecule has 0 spiro atoms. The minimum Gasteiger partial charge on any atom is -0.497 e. The molecule has 0 radical (unpaired) electrons. The second kappa shape index (κ2) is 10.7. The molecule has 158 valence electrons. The largest absolute Gasteiger partial charge is 0.497 e. The van der Waals surface area contributed by atoms with Crippen LogP contribution in [0.15, 0.2) is 72.8 Å². The van der Waals surface area contributed by atoms with Gasteiger partial charge in [-0.1, -0.05) is 36.1 Å². The van der Waals surface area contributed by atoms with Gasteiger partial charge in [0.05, 0.1) is 14.2 Å². The summed E-state index contributed by atoms with van der Waals surface area (Å²) in [4.78, 5) is 12.3. The maximum atomic E-state index is 12.3. The number of ether oxygens (including phenoxy) is 2. The quantitative estimate of drug-likeness (QED) is 0.532. The van der Waals surface area contributed by atoms with Gasteiger partial charge in [-0.05, 0) is 48.5 Å². The van der Waals surface area contributed by atoms with Gasteiger partial charge in [0.15, 0.2) is 0 Å². The van der Waals surface area contributed by atoms with E-state index in [0.29, 0.717) is 22.7 Å². The molecule has 31 heavy (non-hydrogen) atoms. The third-order valence-corrected chi connectivity index (χ3v) is 4.50. The fourth-order valence-corrected chi connectivity index (χ4v) is 2.91. The van der Waals surface area contributed by atoms with E-state index in [1.54, 1.807) is 37.4 Å². The van der Waals surface area contributed by atoms with Gasteiger partial charge in [0, 0.05) is 28.9 Å². The van der Waals surface area contributed by atoms with E-state index < -0.39 is 12.1 Å². The average Bonchev–Trinajstić information content (AvgIpc) is 2.81. The molecule has 0 fully saturated rings. The van der Waals surface area contributed by atoms with Gasteiger partial charge < -0.3 is 25.2 Å². The van der Waals surface area contributed by atoms with E-state index in [1.807, 2.05) is 42.5 Å². The first kappa shape index (κ1) is 21.8. The topological polar surface area (TPSA) is 79.8 Å². The third-order valence-electron chi connectivity index (χ3n) is 4.50. The number of methoxy groups -OCH3 is 2. The lowest BCUT2D eigenvalue weighted by atomic mass is 10.1. The maximum Gasteiger partial charge on any atom is 0.319 e. The van der Waals surface area contributed by atoms with Gasteiger partial charge >= 0.3 is 6.03 Å². The lowest BCUT2D eigenvalue weighted by molar-refractivity contribution is 0.170. The number of urea groups is 1. The number of amides is 2. The lowest BCUT2D eigenvalue weighted by Gasteiger charge is -2.17. The summed E-state index contributed by atoms with van der Waals surface area (Å²) in [7, 11) is 3.06. The molecule has 0 heterocycles. The molecule has 6 nitrogen and oxygen atoms in total. The lowest BCUT2D eigenvalue weighted by Crippen LogP contribution is -2.32. The molecule has 1 unspecified atom stereocenters. The monoisotopic (exact) mass is 416 g/mol. The van der Waals surface area contributed by atoms with Crippen molar-refractivity contribution in [3.8, 4) is 23.3 Å². The number of carbonyl (C=O) groups is 1. The van der Waals surface area contributed by atoms with Crippen LogP contribution in [0.3, 0.4) is 0 Å². The van der Waals surface area contributed by atoms with Gasteiger partial charge in [0.1, 0.15) is 17.6 Å². The summed E-state index contributed by atoms with van der Waals surface area (Å²) in [6, 6.07) is 21.6. The molecular weight excluding hydrogens is 392 g/mol. The zero-order chi connectivity index (χ0) is 22.1. The number of benzene rings is 3. The maximum absolute atomic E-state index is 12.3. The van der Waals surface area contributed by atoms with Gasteiger partial charge in [-0.25, -0.2) is 4.79 Å². The van der Waals surface area contributed by atoms with Crippen LogP contribution in [-0.2, 0) is 0 Å². The number of aliphatic hydroxyl groups excluding tert-OH is 1. The number of carbonyl (C=O) groups excluding carboxylic acids is 1. The second-order valence-electron chi connectivity index (χ2n) is 6.66. The number of aliphatic hydroxyl groups is 1. The summed E-state index contributed by atoms with van der Waals surface area (Å²) in [5.41, 5.74) is 2.83. The molecule has 0 saturated heterocycles. The Balaban J connectivity index is 1.60. The summed E-state index contributed by atoms with van der Waals surface area (Å²) in [5, 5.41) is 15.9. The molecule has 0 aliphatic rings. The third kappa shape index (κ3) is 6.26. The highest BCUT2D eigenvalue weighted by molar-refractivity contribution is 5.89. The van der Waals surface area contributed by atoms with Crippen molar-refractivity contribution in [2.24, 2.45) is 0 Å². The van der Waals surface area contributed by atoms with Crippen LogP contribution in [0, 0.1) is 11.8 Å². The molecule has 0 bridgehead atoms. The van der Waals surface area contributed by atoms with E-state index in [-0.39, 0.29) is 6.54 Å². The standard InChI is InChI=1S/C25H24N2O4/c1-30-21-13-14-24(31-2)22(16-21)23(28)17-26-25(29)27-20-10-6-9-19(15-20)12-11-18-7-4-3-5-8-18/h3-10,13-16,23,28H,17H2,1-2H3,(H2,26,27,29). The Bertz CT molecular complexity index is 1090. The molecule has 6 heteroatoms. The van der Waals surface area contributed by atoms with Gasteiger partial charge in [-0.2, -0.15) is 0 Å². The molecule has 3 N–H and O–H groups in total. The van der Waals surface area contributed by atoms with Crippen LogP contribution < -0.4 is 20.1 Å². The van der Waals surface area contributed by atoms with Crippen molar-refractivity contribution in [3.05, 3.63) is 89.5 Å². The van der Waals surface area contributed by atoms with Crippen molar-refractivity contribution in [2.45, 2.75) is 6.10 Å². The van der Waals surface area contributed by atoms with E-state index in [9.17, 15) is 9.90 Å². The molecule has 0 aliphatic carbocycles. The Kier molecular flexibility index (Phi) is 7.52. The van der Waals surface area contributed by atoms with Gasteiger partial charge in [-0.15, -0.1) is 0 Å². The van der Waals surface area contributed by atoms with Gasteiger partial charge in [0.2, 0.25) is 0 Å². The Hall–Kier alpha value is -3.95. The van der Waals surface area contributed by atoms with Crippen LogP contribution in [0.5, 0.6) is 11.5 Å². The van der Waals surface area contributed by atoms with Crippen molar-refractivity contribution in [2.75, 3.05) is 26.1 Å². The van der Waals surface area contributed by atoms with Crippen molar-refractivity contribution in [1.82, 2.24) is 5.32 Å². The molecule has 0 saturated carbocycles. The summed E-state index contributed by atoms with van der Waals surface area (Å²) in [6.07, 6.45) is -0.959. The second-order valence-corrected chi connectivity index (χ2v) is 6.66. The first-order valence-corrected chi connectivity index (χ1v) is 9.71.